The quantitative estimate of drug-likeness (QED) is 0.617. The third-order valence-electron chi connectivity index (χ3n) is 3.52. The van der Waals surface area contributed by atoms with E-state index in [2.05, 4.69) is 32.6 Å². The summed E-state index contributed by atoms with van der Waals surface area (Å²) in [6, 6.07) is 14.9. The zero-order valence-corrected chi connectivity index (χ0v) is 18.0. The average molecular weight is 486 g/mol. The van der Waals surface area contributed by atoms with Gasteiger partial charge in [-0.2, -0.15) is 4.72 Å². The van der Waals surface area contributed by atoms with Crippen molar-refractivity contribution in [2.45, 2.75) is 43.7 Å². The molecule has 2 aromatic rings. The summed E-state index contributed by atoms with van der Waals surface area (Å²) in [5.74, 6) is -0.351. The van der Waals surface area contributed by atoms with Crippen LogP contribution >= 0.6 is 22.6 Å². The molecular formula is C19H23IN2O3S. The highest BCUT2D eigenvalue weighted by atomic mass is 127. The molecule has 1 amide bonds. The molecule has 5 nitrogen and oxygen atoms in total. The van der Waals surface area contributed by atoms with Gasteiger partial charge in [0.1, 0.15) is 6.04 Å². The molecule has 0 bridgehead atoms. The Labute approximate surface area is 168 Å². The van der Waals surface area contributed by atoms with Gasteiger partial charge in [0.05, 0.1) is 4.90 Å². The number of amides is 1. The second kappa shape index (κ2) is 8.49. The second-order valence-corrected chi connectivity index (χ2v) is 10.0. The van der Waals surface area contributed by atoms with Crippen molar-refractivity contribution in [2.75, 3.05) is 0 Å². The summed E-state index contributed by atoms with van der Waals surface area (Å²) in [5.41, 5.74) is 0.423. The number of benzene rings is 2. The van der Waals surface area contributed by atoms with E-state index < -0.39 is 21.6 Å². The van der Waals surface area contributed by atoms with Gasteiger partial charge in [-0.25, -0.2) is 8.42 Å². The van der Waals surface area contributed by atoms with Crippen molar-refractivity contribution in [2.24, 2.45) is 0 Å². The summed E-state index contributed by atoms with van der Waals surface area (Å²) >= 11 is 2.11. The molecule has 0 spiro atoms. The highest BCUT2D eigenvalue weighted by molar-refractivity contribution is 14.1. The summed E-state index contributed by atoms with van der Waals surface area (Å²) in [6.07, 6.45) is 0.270. The lowest BCUT2D eigenvalue weighted by Crippen LogP contribution is -2.52. The van der Waals surface area contributed by atoms with Crippen molar-refractivity contribution >= 4 is 38.5 Å². The number of rotatable bonds is 6. The molecule has 140 valence electrons. The molecule has 7 heteroatoms. The summed E-state index contributed by atoms with van der Waals surface area (Å²) in [6.45, 7) is 5.58. The minimum absolute atomic E-state index is 0.138. The van der Waals surface area contributed by atoms with E-state index in [0.29, 0.717) is 0 Å². The first kappa shape index (κ1) is 20.9. The third kappa shape index (κ3) is 6.37. The zero-order valence-electron chi connectivity index (χ0n) is 15.0. The standard InChI is InChI=1S/C19H23IN2O3S/c1-19(2,3)21-18(23)17(13-14-7-5-4-6-8-14)22-26(24,25)16-11-9-15(20)10-12-16/h4-12,17,22H,13H2,1-3H3,(H,21,23)/t17-/m1/s1. The van der Waals surface area contributed by atoms with Crippen LogP contribution in [0.2, 0.25) is 0 Å². The Kier molecular flexibility index (Phi) is 6.81. The van der Waals surface area contributed by atoms with E-state index in [1.54, 1.807) is 12.1 Å². The lowest BCUT2D eigenvalue weighted by Gasteiger charge is -2.25. The van der Waals surface area contributed by atoms with E-state index in [4.69, 9.17) is 0 Å². The molecule has 1 atom stereocenters. The number of halogens is 1. The fraction of sp³-hybridized carbons (Fsp3) is 0.316. The van der Waals surface area contributed by atoms with Crippen molar-refractivity contribution < 1.29 is 13.2 Å². The van der Waals surface area contributed by atoms with Gasteiger partial charge in [-0.3, -0.25) is 4.79 Å². The van der Waals surface area contributed by atoms with Gasteiger partial charge in [0.2, 0.25) is 15.9 Å². The highest BCUT2D eigenvalue weighted by Gasteiger charge is 2.28. The molecule has 2 rings (SSSR count). The van der Waals surface area contributed by atoms with Crippen molar-refractivity contribution in [1.29, 1.82) is 0 Å². The largest absolute Gasteiger partial charge is 0.350 e. The molecule has 2 N–H and O–H groups in total. The van der Waals surface area contributed by atoms with Crippen molar-refractivity contribution in [3.8, 4) is 0 Å². The van der Waals surface area contributed by atoms with Gasteiger partial charge in [-0.05, 0) is 79.6 Å². The Morgan fingerprint density at radius 1 is 1.04 bits per heavy atom. The number of nitrogens with one attached hydrogen (secondary N) is 2. The van der Waals surface area contributed by atoms with Crippen LogP contribution in [-0.2, 0) is 21.2 Å². The summed E-state index contributed by atoms with van der Waals surface area (Å²) in [4.78, 5) is 12.8. The van der Waals surface area contributed by atoms with Crippen LogP contribution in [0.5, 0.6) is 0 Å². The number of hydrogen-bond acceptors (Lipinski definition) is 3. The average Bonchev–Trinajstić information content (AvgIpc) is 2.54. The normalized spacial score (nSPS) is 13.2. The molecule has 26 heavy (non-hydrogen) atoms. The van der Waals surface area contributed by atoms with Gasteiger partial charge in [0, 0.05) is 9.11 Å². The molecule has 0 aliphatic heterocycles. The Morgan fingerprint density at radius 3 is 2.15 bits per heavy atom. The molecule has 0 aliphatic carbocycles. The second-order valence-electron chi connectivity index (χ2n) is 7.06. The Morgan fingerprint density at radius 2 is 1.62 bits per heavy atom. The molecule has 0 heterocycles. The monoisotopic (exact) mass is 486 g/mol. The van der Waals surface area contributed by atoms with E-state index >= 15 is 0 Å². The fourth-order valence-electron chi connectivity index (χ4n) is 2.36. The van der Waals surface area contributed by atoms with Gasteiger partial charge >= 0.3 is 0 Å². The lowest BCUT2D eigenvalue weighted by atomic mass is 10.0. The molecule has 0 radical (unpaired) electrons. The van der Waals surface area contributed by atoms with Gasteiger partial charge in [0.15, 0.2) is 0 Å². The van der Waals surface area contributed by atoms with Crippen LogP contribution in [-0.4, -0.2) is 25.9 Å². The predicted octanol–water partition coefficient (Wildman–Crippen LogP) is 3.10. The Hall–Kier alpha value is -1.45. The first-order valence-corrected chi connectivity index (χ1v) is 10.8. The van der Waals surface area contributed by atoms with Crippen LogP contribution in [0.4, 0.5) is 0 Å². The van der Waals surface area contributed by atoms with Gasteiger partial charge in [-0.15, -0.1) is 0 Å². The smallest absolute Gasteiger partial charge is 0.241 e. The van der Waals surface area contributed by atoms with Crippen molar-refractivity contribution in [3.63, 3.8) is 0 Å². The molecule has 0 saturated heterocycles. The first-order chi connectivity index (χ1) is 12.1. The molecule has 0 saturated carbocycles. The molecule has 0 unspecified atom stereocenters. The van der Waals surface area contributed by atoms with Crippen LogP contribution in [0, 0.1) is 3.57 Å². The minimum atomic E-state index is -3.81. The maximum absolute atomic E-state index is 12.7. The molecule has 0 fully saturated rings. The highest BCUT2D eigenvalue weighted by Crippen LogP contribution is 2.14. The van der Waals surface area contributed by atoms with Crippen LogP contribution in [0.1, 0.15) is 26.3 Å². The molecule has 2 aromatic carbocycles. The van der Waals surface area contributed by atoms with Crippen molar-refractivity contribution in [3.05, 3.63) is 63.7 Å². The number of sulfonamides is 1. The van der Waals surface area contributed by atoms with Gasteiger partial charge in [-0.1, -0.05) is 30.3 Å². The van der Waals surface area contributed by atoms with E-state index in [1.807, 2.05) is 51.1 Å². The van der Waals surface area contributed by atoms with E-state index in [0.717, 1.165) is 9.13 Å². The van der Waals surface area contributed by atoms with Crippen molar-refractivity contribution in [1.82, 2.24) is 10.0 Å². The fourth-order valence-corrected chi connectivity index (χ4v) is 3.92. The topological polar surface area (TPSA) is 75.3 Å². The van der Waals surface area contributed by atoms with Crippen LogP contribution < -0.4 is 10.0 Å². The Balaban J connectivity index is 2.27. The van der Waals surface area contributed by atoms with Gasteiger partial charge in [0.25, 0.3) is 0 Å². The Bertz CT molecular complexity index is 845. The number of carbonyl (C=O) groups excluding carboxylic acids is 1. The summed E-state index contributed by atoms with van der Waals surface area (Å²) < 4.78 is 28.9. The zero-order chi connectivity index (χ0) is 19.4. The molecule has 0 aromatic heterocycles. The maximum atomic E-state index is 12.7. The van der Waals surface area contributed by atoms with Crippen LogP contribution in [0.25, 0.3) is 0 Å². The maximum Gasteiger partial charge on any atom is 0.241 e. The van der Waals surface area contributed by atoms with Gasteiger partial charge < -0.3 is 5.32 Å². The summed E-state index contributed by atoms with van der Waals surface area (Å²) in [7, 11) is -3.81. The van der Waals surface area contributed by atoms with Crippen LogP contribution in [0.15, 0.2) is 59.5 Å². The number of carbonyl (C=O) groups is 1. The summed E-state index contributed by atoms with van der Waals surface area (Å²) in [5, 5.41) is 2.86. The van der Waals surface area contributed by atoms with E-state index in [9.17, 15) is 13.2 Å². The SMILES string of the molecule is CC(C)(C)NC(=O)[C@@H](Cc1ccccc1)NS(=O)(=O)c1ccc(I)cc1. The third-order valence-corrected chi connectivity index (χ3v) is 5.73. The first-order valence-electron chi connectivity index (χ1n) is 8.21. The van der Waals surface area contributed by atoms with E-state index in [-0.39, 0.29) is 17.2 Å². The van der Waals surface area contributed by atoms with Crippen LogP contribution in [0.3, 0.4) is 0 Å². The molecule has 0 aliphatic rings. The lowest BCUT2D eigenvalue weighted by molar-refractivity contribution is -0.124. The molecular weight excluding hydrogens is 463 g/mol. The predicted molar refractivity (Wildman–Crippen MR) is 111 cm³/mol. The van der Waals surface area contributed by atoms with E-state index in [1.165, 1.54) is 12.1 Å². The number of hydrogen-bond donors (Lipinski definition) is 2. The minimum Gasteiger partial charge on any atom is -0.350 e.